The number of hydrogen-bond acceptors (Lipinski definition) is 12. The lowest BCUT2D eigenvalue weighted by Gasteiger charge is -2.40. The van der Waals surface area contributed by atoms with Gasteiger partial charge in [-0.3, -0.25) is 24.5 Å². The third-order valence-corrected chi connectivity index (χ3v) is 18.7. The van der Waals surface area contributed by atoms with E-state index in [1.54, 1.807) is 54.8 Å². The molecule has 3 heterocycles. The number of anilines is 1. The number of likely N-dealkylation sites (N-methyl/N-ethyl adjacent to an activating group) is 1. The Bertz CT molecular complexity index is 2000. The highest BCUT2D eigenvalue weighted by molar-refractivity contribution is 14.1. The summed E-state index contributed by atoms with van der Waals surface area (Å²) in [5.41, 5.74) is -0.562. The highest BCUT2D eigenvalue weighted by Gasteiger charge is 2.60. The van der Waals surface area contributed by atoms with Crippen LogP contribution in [0.1, 0.15) is 123 Å². The molecule has 1 aromatic carbocycles. The Hall–Kier alpha value is -2.55. The fraction of sp³-hybridized carbons (Fsp3) is 0.700. The molecule has 1 aromatic rings. The van der Waals surface area contributed by atoms with E-state index in [-0.39, 0.29) is 71.9 Å². The summed E-state index contributed by atoms with van der Waals surface area (Å²) in [6.07, 6.45) is 12.6. The van der Waals surface area contributed by atoms with E-state index in [2.05, 4.69) is 40.1 Å². The van der Waals surface area contributed by atoms with Gasteiger partial charge in [0.25, 0.3) is 0 Å². The van der Waals surface area contributed by atoms with Crippen molar-refractivity contribution in [3.05, 3.63) is 46.5 Å². The molecule has 1 saturated carbocycles. The van der Waals surface area contributed by atoms with Crippen LogP contribution in [-0.4, -0.2) is 125 Å². The van der Waals surface area contributed by atoms with Crippen LogP contribution < -0.4 is 20.3 Å². The first-order valence-corrected chi connectivity index (χ1v) is 28.4. The molecule has 0 radical (unpaired) electrons. The molecule has 380 valence electrons. The van der Waals surface area contributed by atoms with Crippen LogP contribution in [0.15, 0.2) is 35.9 Å². The van der Waals surface area contributed by atoms with Gasteiger partial charge in [-0.1, -0.05) is 112 Å². The Morgan fingerprint density at radius 2 is 1.85 bits per heavy atom. The second-order valence-electron chi connectivity index (χ2n) is 19.4. The van der Waals surface area contributed by atoms with Crippen LogP contribution in [0.4, 0.5) is 10.5 Å². The summed E-state index contributed by atoms with van der Waals surface area (Å²) in [7, 11) is 9.49. The van der Waals surface area contributed by atoms with Crippen LogP contribution in [0.3, 0.4) is 0 Å². The number of methoxy groups -OCH3 is 2. The SMILES string of the molecule is COc1cc2cc(c1Cl)N(C)C(=O)C[C@H](CC(=O)[C@H](C)N(C)C(=O)CCSSC(C)CCC(=O)NC1CCCCCCC(CI)C1)[C@]1(C)O[C@H]1C[C@@H]1C[C@@](O)(NC(=O)O1)[C@H](OC)/C=C/C=C(\C)C2. The first kappa shape index (κ1) is 56.4. The predicted molar refractivity (Wildman–Crippen MR) is 280 cm³/mol. The molecule has 1 aliphatic carbocycles. The first-order valence-electron chi connectivity index (χ1n) is 24.1. The molecule has 0 aromatic heterocycles. The van der Waals surface area contributed by atoms with E-state index in [1.165, 1.54) is 56.1 Å². The van der Waals surface area contributed by atoms with Gasteiger partial charge in [0.2, 0.25) is 17.7 Å². The number of Topliss-reactive ketones (excluding diaryl/α,β-unsaturated/α-hetero) is 1. The van der Waals surface area contributed by atoms with Crippen LogP contribution in [0.5, 0.6) is 5.75 Å². The second kappa shape index (κ2) is 26.2. The van der Waals surface area contributed by atoms with Crippen molar-refractivity contribution < 1.29 is 48.0 Å². The Morgan fingerprint density at radius 1 is 1.12 bits per heavy atom. The van der Waals surface area contributed by atoms with Crippen molar-refractivity contribution in [3.63, 3.8) is 0 Å². The number of nitrogens with one attached hydrogen (secondary N) is 2. The van der Waals surface area contributed by atoms with E-state index in [0.29, 0.717) is 35.9 Å². The zero-order valence-electron chi connectivity index (χ0n) is 41.1. The molecule has 3 fully saturated rings. The van der Waals surface area contributed by atoms with Gasteiger partial charge >= 0.3 is 6.09 Å². The third-order valence-electron chi connectivity index (χ3n) is 14.1. The summed E-state index contributed by atoms with van der Waals surface area (Å²) in [6.45, 7) is 7.59. The number of nitrogens with zero attached hydrogens (tertiary/aromatic N) is 2. The van der Waals surface area contributed by atoms with Crippen molar-refractivity contribution in [2.24, 2.45) is 11.8 Å². The maximum absolute atomic E-state index is 14.3. The van der Waals surface area contributed by atoms with Crippen molar-refractivity contribution in [1.29, 1.82) is 0 Å². The molecular formula is C50H74ClIN4O10S2. The summed E-state index contributed by atoms with van der Waals surface area (Å²) in [6, 6.07) is 3.13. The lowest BCUT2D eigenvalue weighted by atomic mass is 9.80. The number of ether oxygens (including phenoxy) is 4. The molecule has 68 heavy (non-hydrogen) atoms. The van der Waals surface area contributed by atoms with Crippen molar-refractivity contribution in [3.8, 4) is 5.75 Å². The van der Waals surface area contributed by atoms with E-state index in [9.17, 15) is 29.1 Å². The number of alkyl carbamates (subject to hydrolysis) is 1. The van der Waals surface area contributed by atoms with Gasteiger partial charge in [0, 0.05) is 87.1 Å². The predicted octanol–water partition coefficient (Wildman–Crippen LogP) is 9.15. The molecule has 0 spiro atoms. The molecule has 4 aliphatic rings. The van der Waals surface area contributed by atoms with Crippen LogP contribution in [-0.2, 0) is 39.8 Å². The van der Waals surface area contributed by atoms with Crippen LogP contribution in [0.2, 0.25) is 5.02 Å². The number of amides is 4. The fourth-order valence-corrected chi connectivity index (χ4v) is 13.0. The molecule has 18 heteroatoms. The molecular weight excluding hydrogens is 1040 g/mol. The standard InChI is InChI=1S/C50H74ClIN4O10S2/c1-31-14-13-17-42(64-8)50(62)29-38(65-48(61)54-50)28-43-49(4,66-43)36(27-46(60)56(6)39-24-35(22-31)25-41(63-7)47(39)51)26-40(57)33(3)55(5)45(59)20-21-67-68-32(2)18-19-44(58)53-37-16-12-10-9-11-15-34(23-37)30-52/h13-14,17,24-25,32-34,36-38,42-43,62H,9-12,15-16,18-23,26-30H2,1-8H3,(H,53,58)(H,54,61)/b17-13+,31-14+/t32?,33-,34?,36-,37?,38+,42+,43-,49-,50-/m0/s1. The number of allylic oxidation sites excluding steroid dienone is 3. The Morgan fingerprint density at radius 3 is 2.56 bits per heavy atom. The van der Waals surface area contributed by atoms with E-state index >= 15 is 0 Å². The maximum Gasteiger partial charge on any atom is 0.409 e. The van der Waals surface area contributed by atoms with Crippen LogP contribution in [0, 0.1) is 11.8 Å². The lowest BCUT2D eigenvalue weighted by molar-refractivity contribution is -0.138. The number of halogens is 2. The number of alkyl halides is 1. The van der Waals surface area contributed by atoms with Crippen molar-refractivity contribution >= 4 is 91.1 Å². The van der Waals surface area contributed by atoms with Gasteiger partial charge in [0.05, 0.1) is 30.5 Å². The number of aliphatic hydroxyl groups is 1. The maximum atomic E-state index is 14.3. The molecule has 4 amide bonds. The van der Waals surface area contributed by atoms with Gasteiger partial charge in [0.15, 0.2) is 11.5 Å². The summed E-state index contributed by atoms with van der Waals surface area (Å²) in [5.74, 6) is 0.365. The number of ketones is 1. The Kier molecular flexibility index (Phi) is 21.7. The molecule has 5 rings (SSSR count). The first-order chi connectivity index (χ1) is 32.3. The topological polar surface area (TPSA) is 176 Å². The van der Waals surface area contributed by atoms with Gasteiger partial charge in [-0.25, -0.2) is 4.79 Å². The average Bonchev–Trinajstić information content (AvgIpc) is 3.93. The molecule has 3 unspecified atom stereocenters. The zero-order chi connectivity index (χ0) is 49.8. The number of epoxide rings is 1. The summed E-state index contributed by atoms with van der Waals surface area (Å²) in [5, 5.41) is 18.1. The van der Waals surface area contributed by atoms with Gasteiger partial charge in [-0.05, 0) is 76.5 Å². The summed E-state index contributed by atoms with van der Waals surface area (Å²) in [4.78, 5) is 70.8. The second-order valence-corrected chi connectivity index (χ2v) is 23.6. The smallest absolute Gasteiger partial charge is 0.409 e. The number of carbonyl (C=O) groups excluding carboxylic acids is 5. The number of carbonyl (C=O) groups is 5. The van der Waals surface area contributed by atoms with Crippen LogP contribution >= 0.6 is 55.8 Å². The number of rotatable bonds is 16. The Balaban J connectivity index is 1.22. The number of fused-ring (bicyclic) bond motifs is 5. The normalized spacial score (nSPS) is 30.3. The molecule has 10 atom stereocenters. The van der Waals surface area contributed by atoms with Gasteiger partial charge < -0.3 is 39.2 Å². The third kappa shape index (κ3) is 15.7. The van der Waals surface area contributed by atoms with Crippen LogP contribution in [0.25, 0.3) is 0 Å². The lowest BCUT2D eigenvalue weighted by Crippen LogP contribution is -2.62. The highest BCUT2D eigenvalue weighted by Crippen LogP contribution is 2.50. The minimum atomic E-state index is -1.79. The molecule has 3 aliphatic heterocycles. The fourth-order valence-electron chi connectivity index (χ4n) is 9.58. The van der Waals surface area contributed by atoms with E-state index in [4.69, 9.17) is 30.5 Å². The summed E-state index contributed by atoms with van der Waals surface area (Å²) < 4.78 is 24.4. The zero-order valence-corrected chi connectivity index (χ0v) is 45.7. The average molecular weight is 1120 g/mol. The van der Waals surface area contributed by atoms with Gasteiger partial charge in [-0.15, -0.1) is 0 Å². The van der Waals surface area contributed by atoms with E-state index in [1.807, 2.05) is 32.1 Å². The largest absolute Gasteiger partial charge is 0.495 e. The number of benzene rings is 1. The van der Waals surface area contributed by atoms with Gasteiger partial charge in [-0.2, -0.15) is 0 Å². The van der Waals surface area contributed by atoms with Gasteiger partial charge in [0.1, 0.15) is 23.0 Å². The molecule has 3 N–H and O–H groups in total. The van der Waals surface area contributed by atoms with E-state index in [0.717, 1.165) is 34.8 Å². The van der Waals surface area contributed by atoms with Crippen molar-refractivity contribution in [2.75, 3.05) is 43.4 Å². The van der Waals surface area contributed by atoms with Crippen molar-refractivity contribution in [1.82, 2.24) is 15.5 Å². The Labute approximate surface area is 430 Å². The highest BCUT2D eigenvalue weighted by atomic mass is 127. The quantitative estimate of drug-likeness (QED) is 0.0471. The molecule has 14 nitrogen and oxygen atoms in total. The molecule has 2 saturated heterocycles. The molecule has 4 bridgehead atoms. The minimum Gasteiger partial charge on any atom is -0.495 e. The minimum absolute atomic E-state index is 0.00782. The van der Waals surface area contributed by atoms with E-state index < -0.39 is 47.7 Å². The monoisotopic (exact) mass is 1120 g/mol. The van der Waals surface area contributed by atoms with Crippen molar-refractivity contribution in [2.45, 2.75) is 171 Å². The number of hydrogen-bond donors (Lipinski definition) is 3. The summed E-state index contributed by atoms with van der Waals surface area (Å²) >= 11 is 9.32.